The monoisotopic (exact) mass is 406 g/mol. The number of hydrogen-bond acceptors (Lipinski definition) is 5. The minimum Gasteiger partial charge on any atom is -0.467 e. The predicted molar refractivity (Wildman–Crippen MR) is 108 cm³/mol. The number of carbonyl (C=O) groups is 3. The Kier molecular flexibility index (Phi) is 5.27. The third kappa shape index (κ3) is 3.54. The summed E-state index contributed by atoms with van der Waals surface area (Å²) in [5, 5.41) is 0. The zero-order valence-corrected chi connectivity index (χ0v) is 16.9. The highest BCUT2D eigenvalue weighted by Gasteiger charge is 2.34. The van der Waals surface area contributed by atoms with Crippen molar-refractivity contribution in [1.29, 1.82) is 0 Å². The Morgan fingerprint density at radius 3 is 2.37 bits per heavy atom. The fourth-order valence-corrected chi connectivity index (χ4v) is 3.72. The lowest BCUT2D eigenvalue weighted by molar-refractivity contribution is 0.0481. The van der Waals surface area contributed by atoms with E-state index in [1.54, 1.807) is 36.6 Å². The number of carbonyl (C=O) groups excluding carboxylic acids is 3. The predicted octanol–water partition coefficient (Wildman–Crippen LogP) is 3.59. The van der Waals surface area contributed by atoms with Crippen molar-refractivity contribution < 1.29 is 23.5 Å². The van der Waals surface area contributed by atoms with E-state index in [9.17, 15) is 14.4 Å². The molecule has 0 radical (unpaired) electrons. The van der Waals surface area contributed by atoms with Crippen LogP contribution in [0.25, 0.3) is 0 Å². The van der Waals surface area contributed by atoms with Gasteiger partial charge in [-0.25, -0.2) is 4.79 Å². The number of esters is 1. The van der Waals surface area contributed by atoms with Crippen LogP contribution in [-0.2, 0) is 11.3 Å². The number of fused-ring (bicyclic) bond motifs is 1. The number of aromatic nitrogens is 1. The van der Waals surface area contributed by atoms with Gasteiger partial charge in [0.2, 0.25) is 0 Å². The molecule has 0 spiro atoms. The summed E-state index contributed by atoms with van der Waals surface area (Å²) in [5.41, 5.74) is 3.07. The molecule has 154 valence electrons. The molecule has 7 heteroatoms. The summed E-state index contributed by atoms with van der Waals surface area (Å²) >= 11 is 0. The minimum absolute atomic E-state index is 0.119. The van der Waals surface area contributed by atoms with Crippen LogP contribution >= 0.6 is 0 Å². The number of amides is 2. The maximum absolute atomic E-state index is 12.5. The molecular formula is C23H22N2O5. The van der Waals surface area contributed by atoms with E-state index >= 15 is 0 Å². The first kappa shape index (κ1) is 19.7. The van der Waals surface area contributed by atoms with Crippen LogP contribution in [0.15, 0.2) is 53.1 Å². The SMILES string of the molecule is Cc1cc(C(=O)OCCCN2C(=O)c3ccccc3C2=O)c(C)n1Cc1ccco1. The second-order valence-corrected chi connectivity index (χ2v) is 7.25. The summed E-state index contributed by atoms with van der Waals surface area (Å²) in [6.07, 6.45) is 2.00. The largest absolute Gasteiger partial charge is 0.467 e. The van der Waals surface area contributed by atoms with Crippen molar-refractivity contribution in [3.05, 3.63) is 82.6 Å². The Morgan fingerprint density at radius 2 is 1.73 bits per heavy atom. The molecular weight excluding hydrogens is 384 g/mol. The molecule has 0 unspecified atom stereocenters. The van der Waals surface area contributed by atoms with Gasteiger partial charge in [-0.15, -0.1) is 0 Å². The summed E-state index contributed by atoms with van der Waals surface area (Å²) in [7, 11) is 0. The van der Waals surface area contributed by atoms with Gasteiger partial charge in [0.15, 0.2) is 0 Å². The highest BCUT2D eigenvalue weighted by molar-refractivity contribution is 6.21. The quantitative estimate of drug-likeness (QED) is 0.340. The molecule has 0 fully saturated rings. The Morgan fingerprint density at radius 1 is 1.03 bits per heavy atom. The van der Waals surface area contributed by atoms with E-state index in [1.807, 2.05) is 30.5 Å². The normalized spacial score (nSPS) is 13.1. The number of aryl methyl sites for hydroxylation is 1. The first-order valence-electron chi connectivity index (χ1n) is 9.79. The molecule has 3 heterocycles. The molecule has 0 atom stereocenters. The fourth-order valence-electron chi connectivity index (χ4n) is 3.72. The fraction of sp³-hybridized carbons (Fsp3) is 0.261. The second kappa shape index (κ2) is 8.02. The van der Waals surface area contributed by atoms with Gasteiger partial charge in [-0.3, -0.25) is 14.5 Å². The zero-order chi connectivity index (χ0) is 21.3. The third-order valence-electron chi connectivity index (χ3n) is 5.33. The molecule has 7 nitrogen and oxygen atoms in total. The van der Waals surface area contributed by atoms with E-state index < -0.39 is 5.97 Å². The average Bonchev–Trinajstić information content (AvgIpc) is 3.42. The van der Waals surface area contributed by atoms with E-state index in [1.165, 1.54) is 4.90 Å². The van der Waals surface area contributed by atoms with Crippen LogP contribution < -0.4 is 0 Å². The maximum atomic E-state index is 12.5. The number of furan rings is 1. The molecule has 0 saturated carbocycles. The van der Waals surface area contributed by atoms with Gasteiger partial charge >= 0.3 is 5.97 Å². The minimum atomic E-state index is -0.420. The van der Waals surface area contributed by atoms with Gasteiger partial charge in [0.1, 0.15) is 5.76 Å². The number of ether oxygens (including phenoxy) is 1. The molecule has 1 aromatic carbocycles. The van der Waals surface area contributed by atoms with Crippen LogP contribution in [0.2, 0.25) is 0 Å². The van der Waals surface area contributed by atoms with Crippen LogP contribution in [-0.4, -0.2) is 40.4 Å². The molecule has 3 aromatic rings. The van der Waals surface area contributed by atoms with Crippen LogP contribution in [0.1, 0.15) is 54.6 Å². The molecule has 0 aliphatic carbocycles. The Balaban J connectivity index is 1.33. The van der Waals surface area contributed by atoms with Crippen LogP contribution in [0.5, 0.6) is 0 Å². The van der Waals surface area contributed by atoms with Gasteiger partial charge in [0.05, 0.1) is 36.1 Å². The molecule has 1 aliphatic heterocycles. The Bertz CT molecular complexity index is 1080. The van der Waals surface area contributed by atoms with Crippen molar-refractivity contribution in [1.82, 2.24) is 9.47 Å². The molecule has 0 N–H and O–H groups in total. The van der Waals surface area contributed by atoms with Crippen LogP contribution in [0.4, 0.5) is 0 Å². The Labute approximate surface area is 173 Å². The summed E-state index contributed by atoms with van der Waals surface area (Å²) in [6.45, 7) is 4.66. The van der Waals surface area contributed by atoms with Gasteiger partial charge in [-0.1, -0.05) is 12.1 Å². The number of benzene rings is 1. The van der Waals surface area contributed by atoms with Gasteiger partial charge in [0, 0.05) is 17.9 Å². The van der Waals surface area contributed by atoms with Crippen molar-refractivity contribution in [3.8, 4) is 0 Å². The number of imide groups is 1. The second-order valence-electron chi connectivity index (χ2n) is 7.25. The van der Waals surface area contributed by atoms with Crippen molar-refractivity contribution in [3.63, 3.8) is 0 Å². The highest BCUT2D eigenvalue weighted by Crippen LogP contribution is 2.23. The van der Waals surface area contributed by atoms with Gasteiger partial charge in [-0.05, 0) is 50.6 Å². The molecule has 30 heavy (non-hydrogen) atoms. The van der Waals surface area contributed by atoms with Crippen molar-refractivity contribution in [2.24, 2.45) is 0 Å². The molecule has 2 aromatic heterocycles. The molecule has 0 bridgehead atoms. The van der Waals surface area contributed by atoms with Crippen LogP contribution in [0, 0.1) is 13.8 Å². The lowest BCUT2D eigenvalue weighted by Crippen LogP contribution is -2.31. The summed E-state index contributed by atoms with van der Waals surface area (Å²) < 4.78 is 12.8. The van der Waals surface area contributed by atoms with Gasteiger partial charge < -0.3 is 13.7 Å². The van der Waals surface area contributed by atoms with Crippen molar-refractivity contribution in [2.75, 3.05) is 13.2 Å². The number of nitrogens with zero attached hydrogens (tertiary/aromatic N) is 2. The van der Waals surface area contributed by atoms with Crippen molar-refractivity contribution in [2.45, 2.75) is 26.8 Å². The van der Waals surface area contributed by atoms with E-state index in [2.05, 4.69) is 0 Å². The van der Waals surface area contributed by atoms with E-state index in [4.69, 9.17) is 9.15 Å². The van der Waals surface area contributed by atoms with E-state index in [0.29, 0.717) is 29.7 Å². The lowest BCUT2D eigenvalue weighted by Gasteiger charge is -2.13. The molecule has 0 saturated heterocycles. The van der Waals surface area contributed by atoms with Gasteiger partial charge in [0.25, 0.3) is 11.8 Å². The maximum Gasteiger partial charge on any atom is 0.339 e. The van der Waals surface area contributed by atoms with Gasteiger partial charge in [-0.2, -0.15) is 0 Å². The topological polar surface area (TPSA) is 81.8 Å². The summed E-state index contributed by atoms with van der Waals surface area (Å²) in [6, 6.07) is 12.3. The molecule has 4 rings (SSSR count). The van der Waals surface area contributed by atoms with Crippen LogP contribution in [0.3, 0.4) is 0 Å². The first-order chi connectivity index (χ1) is 14.5. The van der Waals surface area contributed by atoms with Crippen molar-refractivity contribution >= 4 is 17.8 Å². The third-order valence-corrected chi connectivity index (χ3v) is 5.33. The number of hydrogen-bond donors (Lipinski definition) is 0. The smallest absolute Gasteiger partial charge is 0.339 e. The highest BCUT2D eigenvalue weighted by atomic mass is 16.5. The lowest BCUT2D eigenvalue weighted by atomic mass is 10.1. The average molecular weight is 406 g/mol. The van der Waals surface area contributed by atoms with E-state index in [0.717, 1.165) is 17.1 Å². The summed E-state index contributed by atoms with van der Waals surface area (Å²) in [5.74, 6) is -0.222. The Hall–Kier alpha value is -3.61. The first-order valence-corrected chi connectivity index (χ1v) is 9.79. The molecule has 2 amide bonds. The zero-order valence-electron chi connectivity index (χ0n) is 16.9. The molecule has 1 aliphatic rings. The summed E-state index contributed by atoms with van der Waals surface area (Å²) in [4.78, 5) is 38.5. The standard InChI is InChI=1S/C23H22N2O5/c1-15-13-20(16(2)25(15)14-17-7-5-11-29-17)23(28)30-12-6-10-24-21(26)18-8-3-4-9-19(18)22(24)27/h3-5,7-9,11,13H,6,10,12,14H2,1-2H3. The number of rotatable bonds is 7. The van der Waals surface area contributed by atoms with E-state index in [-0.39, 0.29) is 25.0 Å².